The number of imidazole rings is 2. The largest absolute Gasteiger partial charge is 0.490 e. The van der Waals surface area contributed by atoms with Crippen molar-refractivity contribution in [2.24, 2.45) is 4.99 Å². The Morgan fingerprint density at radius 2 is 0.955 bits per heavy atom. The number of carboxylic acids is 1. The van der Waals surface area contributed by atoms with Crippen molar-refractivity contribution in [1.29, 1.82) is 0 Å². The van der Waals surface area contributed by atoms with Crippen LogP contribution in [-0.2, 0) is 41.6 Å². The number of carboxylic acid groups (broad SMARTS) is 1. The first-order valence-electron chi connectivity index (χ1n) is 33.3. The highest BCUT2D eigenvalue weighted by molar-refractivity contribution is 9.11. The fourth-order valence-electron chi connectivity index (χ4n) is 9.91. The zero-order valence-corrected chi connectivity index (χ0v) is 70.7. The van der Waals surface area contributed by atoms with E-state index >= 15 is 0 Å². The maximum atomic E-state index is 13.2. The Morgan fingerprint density at radius 3 is 1.34 bits per heavy atom. The van der Waals surface area contributed by atoms with E-state index in [0.29, 0.717) is 18.5 Å². The predicted octanol–water partition coefficient (Wildman–Crippen LogP) is 22.2. The smallest absolute Gasteiger partial charge is 0.475 e. The van der Waals surface area contributed by atoms with Gasteiger partial charge in [0.05, 0.1) is 52.6 Å². The number of hydroxylamine groups is 2. The number of benzene rings is 7. The number of alkyl halides is 3. The van der Waals surface area contributed by atoms with Gasteiger partial charge >= 0.3 is 29.6 Å². The summed E-state index contributed by atoms with van der Waals surface area (Å²) in [5.41, 5.74) is 10.4. The molecule has 4 heterocycles. The molecule has 570 valence electrons. The van der Waals surface area contributed by atoms with Crippen LogP contribution in [0.4, 0.5) is 23.7 Å². The number of carbonyl (C=O) groups excluding carboxylic acids is 4. The number of allylic oxidation sites excluding steroid dienone is 8. The number of ketones is 1. The molecule has 0 atom stereocenters. The number of nitrogens with zero attached hydrogens (tertiary/aromatic N) is 7. The van der Waals surface area contributed by atoms with Crippen molar-refractivity contribution < 1.29 is 51.8 Å². The number of rotatable bonds is 15. The Balaban J connectivity index is 0.000000185. The van der Waals surface area contributed by atoms with Gasteiger partial charge in [-0.15, -0.1) is 0 Å². The molecular formula is C82H72Br7F3N8O10. The number of aromatic amines is 1. The van der Waals surface area contributed by atoms with E-state index in [1.165, 1.54) is 28.4 Å². The lowest BCUT2D eigenvalue weighted by Crippen LogP contribution is -2.26. The summed E-state index contributed by atoms with van der Waals surface area (Å²) in [6.07, 6.45) is 21.4. The summed E-state index contributed by atoms with van der Waals surface area (Å²) in [6, 6.07) is 61.5. The molecule has 28 heteroatoms. The van der Waals surface area contributed by atoms with Crippen LogP contribution >= 0.6 is 112 Å². The number of amides is 1. The fourth-order valence-corrected chi connectivity index (χ4v) is 11.8. The number of hydrogen-bond acceptors (Lipinski definition) is 10. The van der Waals surface area contributed by atoms with Gasteiger partial charge in [-0.2, -0.15) is 18.2 Å². The highest BCUT2D eigenvalue weighted by Crippen LogP contribution is 2.29. The van der Waals surface area contributed by atoms with Crippen molar-refractivity contribution >= 4 is 153 Å². The molecule has 2 aliphatic rings. The fraction of sp³-hybridized carbons (Fsp3) is 0.159. The third-order valence-electron chi connectivity index (χ3n) is 15.4. The number of aromatic nitrogens is 6. The first kappa shape index (κ1) is 87.9. The van der Waals surface area contributed by atoms with E-state index in [1.807, 2.05) is 221 Å². The van der Waals surface area contributed by atoms with Crippen molar-refractivity contribution in [1.82, 2.24) is 32.9 Å². The summed E-state index contributed by atoms with van der Waals surface area (Å²) in [6.45, 7) is 5.52. The van der Waals surface area contributed by atoms with Crippen LogP contribution in [0, 0.1) is 0 Å². The molecule has 1 amide bonds. The molecule has 2 aliphatic carbocycles. The van der Waals surface area contributed by atoms with Crippen molar-refractivity contribution in [2.45, 2.75) is 71.1 Å². The van der Waals surface area contributed by atoms with Gasteiger partial charge in [-0.3, -0.25) is 37.3 Å². The molecule has 18 nitrogen and oxygen atoms in total. The Hall–Kier alpha value is -9.35. The minimum atomic E-state index is -5.08. The second-order valence-corrected chi connectivity index (χ2v) is 30.9. The summed E-state index contributed by atoms with van der Waals surface area (Å²) in [4.78, 5) is 90.8. The number of halogens is 10. The van der Waals surface area contributed by atoms with Crippen molar-refractivity contribution in [3.63, 3.8) is 0 Å². The van der Waals surface area contributed by atoms with Gasteiger partial charge in [0.25, 0.3) is 0 Å². The Bertz CT molecular complexity index is 5140. The Morgan fingerprint density at radius 1 is 0.555 bits per heavy atom. The zero-order chi connectivity index (χ0) is 80.1. The van der Waals surface area contributed by atoms with Gasteiger partial charge in [-0.25, -0.2) is 29.0 Å². The quantitative estimate of drug-likeness (QED) is 0.0562. The molecule has 11 aromatic rings. The van der Waals surface area contributed by atoms with E-state index < -0.39 is 17.7 Å². The van der Waals surface area contributed by atoms with Gasteiger partial charge in [-0.05, 0) is 239 Å². The standard InChI is InChI=1S/C20H14Br2N2O.C19H13Br2N3O.C14H13BrO.C11H14BrNO2.C9H13NO2.C7H4BrNO.C2HF3O2/c21-15-5-9-17(10-6-15)23-13-19(14-3-1-2-4-14)24(20(23)25)18-11-7-16(22)8-12-18;20-13-3-7-15(8-4-13)23-12-18(17-2-1-11-22-17)24(19(23)25)16-9-5-14(21)6-10-16;15-13-8-5-11(6-9-13)7-10-14(16)12-3-1-2-4-12;1-13(15-2)11(14)8-5-9-3-6-10(12)7-4-9;1-9(2,3)12-8(11)10-6-4-5-7-10;8-6-1-3-7(4-2-6)9-5-10;3-2(4,5)1(6)7/h1-3,5-13H,4H2;1-12,22H;1-3,5-6,8-9H,4,7,10H2;3-4,6-7H,5,8H2,1-2H3;4-7H,1-3H3;1-4H;(H,6,7). The van der Waals surface area contributed by atoms with Crippen LogP contribution in [0.2, 0.25) is 0 Å². The molecular weight excluding hydrogens is 1870 g/mol. The molecule has 0 unspecified atom stereocenters. The van der Waals surface area contributed by atoms with E-state index in [4.69, 9.17) is 19.5 Å². The van der Waals surface area contributed by atoms with Gasteiger partial charge in [0.15, 0.2) is 5.78 Å². The van der Waals surface area contributed by atoms with E-state index in [-0.39, 0.29) is 29.2 Å². The second-order valence-electron chi connectivity index (χ2n) is 24.4. The van der Waals surface area contributed by atoms with Crippen LogP contribution in [0.1, 0.15) is 63.3 Å². The number of ether oxygens (including phenoxy) is 1. The molecule has 0 saturated heterocycles. The van der Waals surface area contributed by atoms with Crippen LogP contribution in [0.15, 0.2) is 313 Å². The minimum Gasteiger partial charge on any atom is -0.475 e. The lowest BCUT2D eigenvalue weighted by atomic mass is 10.0. The molecule has 7 aromatic carbocycles. The minimum absolute atomic E-state index is 0.0135. The number of aliphatic imine (C=N–C) groups is 1. The van der Waals surface area contributed by atoms with Crippen LogP contribution in [0.25, 0.3) is 39.7 Å². The van der Waals surface area contributed by atoms with Gasteiger partial charge in [-0.1, -0.05) is 172 Å². The molecule has 0 aliphatic heterocycles. The molecule has 0 fully saturated rings. The zero-order valence-electron chi connectivity index (χ0n) is 59.6. The number of aryl methyl sites for hydroxylation is 2. The van der Waals surface area contributed by atoms with Crippen LogP contribution < -0.4 is 11.4 Å². The van der Waals surface area contributed by atoms with Gasteiger partial charge in [0, 0.05) is 82.2 Å². The van der Waals surface area contributed by atoms with Crippen LogP contribution in [-0.4, -0.2) is 93.8 Å². The third-order valence-corrected chi connectivity index (χ3v) is 19.1. The molecule has 4 aromatic heterocycles. The summed E-state index contributed by atoms with van der Waals surface area (Å²) in [7, 11) is 3.10. The lowest BCUT2D eigenvalue weighted by Gasteiger charge is -2.19. The van der Waals surface area contributed by atoms with Crippen molar-refractivity contribution in [2.75, 3.05) is 14.2 Å². The van der Waals surface area contributed by atoms with E-state index in [0.717, 1.165) is 114 Å². The number of Topliss-reactive ketones (excluding diaryl/α,β-unsaturated/α-hetero) is 1. The summed E-state index contributed by atoms with van der Waals surface area (Å²) in [5.74, 6) is -2.50. The van der Waals surface area contributed by atoms with E-state index in [1.54, 1.807) is 62.0 Å². The molecule has 0 bridgehead atoms. The first-order valence-corrected chi connectivity index (χ1v) is 38.9. The average Bonchev–Trinajstić information content (AvgIpc) is 1.63. The maximum absolute atomic E-state index is 13.2. The SMILES string of the molecule is CC(C)(C)OC(=O)n1cccc1.CON(C)C(=O)CCc1ccc(Br)cc1.O=C(CCc1ccc(Br)cc1)C1=CC=CC1.O=C(O)C(F)(F)F.O=C=Nc1ccc(Br)cc1.O=c1n(-c2ccc(Br)cc2)cc(-c2ccc[nH]2)n1-c1ccc(Br)cc1.O=c1n(-c2ccc(Br)cc2)cc(C2=CC=CC2)n1-c1ccc(Br)cc1. The summed E-state index contributed by atoms with van der Waals surface area (Å²) >= 11 is 23.8. The molecule has 13 rings (SSSR count). The van der Waals surface area contributed by atoms with Gasteiger partial charge in [0.1, 0.15) is 5.60 Å². The summed E-state index contributed by atoms with van der Waals surface area (Å²) in [5, 5.41) is 8.37. The molecule has 0 spiro atoms. The number of aliphatic carboxylic acids is 1. The van der Waals surface area contributed by atoms with Crippen LogP contribution in [0.3, 0.4) is 0 Å². The third kappa shape index (κ3) is 28.2. The van der Waals surface area contributed by atoms with E-state index in [9.17, 15) is 41.9 Å². The van der Waals surface area contributed by atoms with Crippen molar-refractivity contribution in [3.05, 3.63) is 336 Å². The molecule has 110 heavy (non-hydrogen) atoms. The number of carbonyl (C=O) groups is 4. The molecule has 0 saturated carbocycles. The molecule has 2 N–H and O–H groups in total. The highest BCUT2D eigenvalue weighted by Gasteiger charge is 2.38. The predicted molar refractivity (Wildman–Crippen MR) is 448 cm³/mol. The van der Waals surface area contributed by atoms with Crippen LogP contribution in [0.5, 0.6) is 0 Å². The average molecular weight is 1950 g/mol. The normalized spacial score (nSPS) is 11.6. The number of hydrogen-bond donors (Lipinski definition) is 2. The molecule has 0 radical (unpaired) electrons. The second kappa shape index (κ2) is 43.3. The maximum Gasteiger partial charge on any atom is 0.490 e. The lowest BCUT2D eigenvalue weighted by molar-refractivity contribution is -0.192. The van der Waals surface area contributed by atoms with Gasteiger partial charge < -0.3 is 14.8 Å². The van der Waals surface area contributed by atoms with Crippen molar-refractivity contribution in [3.8, 4) is 34.1 Å². The van der Waals surface area contributed by atoms with Gasteiger partial charge in [0.2, 0.25) is 12.0 Å². The number of nitrogens with one attached hydrogen (secondary N) is 1. The number of isocyanates is 1. The number of H-pyrrole nitrogens is 1. The Labute approximate surface area is 691 Å². The monoisotopic (exact) mass is 1940 g/mol. The highest BCUT2D eigenvalue weighted by atomic mass is 79.9. The Kier molecular flexibility index (Phi) is 34.6. The summed E-state index contributed by atoms with van der Waals surface area (Å²) < 4.78 is 52.1. The topological polar surface area (TPSA) is 214 Å². The first-order chi connectivity index (χ1) is 52.4. The van der Waals surface area contributed by atoms with E-state index in [2.05, 4.69) is 146 Å².